The predicted molar refractivity (Wildman–Crippen MR) is 104 cm³/mol. The summed E-state index contributed by atoms with van der Waals surface area (Å²) in [5, 5.41) is 12.1. The zero-order valence-corrected chi connectivity index (χ0v) is 15.7. The molecule has 0 aliphatic rings. The molecule has 2 heterocycles. The van der Waals surface area contributed by atoms with E-state index in [9.17, 15) is 4.79 Å². The van der Waals surface area contributed by atoms with Crippen LogP contribution in [0.1, 0.15) is 6.42 Å². The predicted octanol–water partition coefficient (Wildman–Crippen LogP) is 3.48. The molecule has 26 heavy (non-hydrogen) atoms. The van der Waals surface area contributed by atoms with Crippen molar-refractivity contribution in [1.29, 1.82) is 0 Å². The van der Waals surface area contributed by atoms with Crippen molar-refractivity contribution in [2.45, 2.75) is 11.6 Å². The van der Waals surface area contributed by atoms with Crippen molar-refractivity contribution < 1.29 is 4.79 Å². The van der Waals surface area contributed by atoms with Gasteiger partial charge in [0.1, 0.15) is 0 Å². The number of carbonyl (C=O) groups excluding carboxylic acids is 1. The zero-order valence-electron chi connectivity index (χ0n) is 13.4. The van der Waals surface area contributed by atoms with Crippen molar-refractivity contribution in [2.75, 3.05) is 16.9 Å². The largest absolute Gasteiger partial charge is 0.335 e. The second kappa shape index (κ2) is 8.39. The molecule has 0 saturated heterocycles. The molecule has 0 saturated carbocycles. The van der Waals surface area contributed by atoms with E-state index in [1.54, 1.807) is 42.7 Å². The number of nitrogens with zero attached hydrogens (tertiary/aromatic N) is 4. The minimum absolute atomic E-state index is 0.204. The Balaban J connectivity index is 1.57. The summed E-state index contributed by atoms with van der Waals surface area (Å²) in [6.45, 7) is 0. The number of hydrogen-bond donors (Lipinski definition) is 2. The van der Waals surface area contributed by atoms with Crippen LogP contribution in [0.25, 0.3) is 11.4 Å². The second-order valence-electron chi connectivity index (χ2n) is 5.16. The molecule has 0 bridgehead atoms. The van der Waals surface area contributed by atoms with Crippen LogP contribution in [0, 0.1) is 0 Å². The van der Waals surface area contributed by atoms with E-state index in [1.807, 2.05) is 0 Å². The van der Waals surface area contributed by atoms with Crippen LogP contribution in [0.3, 0.4) is 0 Å². The van der Waals surface area contributed by atoms with Crippen LogP contribution in [0.4, 0.5) is 5.69 Å². The maximum Gasteiger partial charge on any atom is 0.225 e. The minimum Gasteiger partial charge on any atom is -0.335 e. The molecule has 3 N–H and O–H groups in total. The van der Waals surface area contributed by atoms with Crippen LogP contribution >= 0.6 is 35.0 Å². The van der Waals surface area contributed by atoms with Crippen LogP contribution in [0.2, 0.25) is 10.0 Å². The van der Waals surface area contributed by atoms with Gasteiger partial charge in [0.2, 0.25) is 11.1 Å². The van der Waals surface area contributed by atoms with E-state index in [1.165, 1.54) is 16.4 Å². The van der Waals surface area contributed by atoms with Gasteiger partial charge in [0.05, 0.1) is 15.7 Å². The second-order valence-corrected chi connectivity index (χ2v) is 7.03. The fraction of sp³-hybridized carbons (Fsp3) is 0.125. The molecule has 0 unspecified atom stereocenters. The normalized spacial score (nSPS) is 10.7. The highest BCUT2D eigenvalue weighted by atomic mass is 35.5. The third-order valence-corrected chi connectivity index (χ3v) is 4.97. The molecule has 2 aromatic heterocycles. The number of rotatable bonds is 6. The number of para-hydroxylation sites is 1. The van der Waals surface area contributed by atoms with Gasteiger partial charge in [0.25, 0.3) is 0 Å². The smallest absolute Gasteiger partial charge is 0.225 e. The van der Waals surface area contributed by atoms with Gasteiger partial charge in [0, 0.05) is 30.1 Å². The first-order valence-electron chi connectivity index (χ1n) is 7.54. The van der Waals surface area contributed by atoms with Crippen molar-refractivity contribution in [1.82, 2.24) is 19.9 Å². The molecule has 10 heteroatoms. The lowest BCUT2D eigenvalue weighted by atomic mass is 10.2. The average molecular weight is 409 g/mol. The maximum atomic E-state index is 12.1. The Kier molecular flexibility index (Phi) is 5.97. The number of hydrogen-bond acceptors (Lipinski definition) is 6. The number of anilines is 1. The summed E-state index contributed by atoms with van der Waals surface area (Å²) in [6.07, 6.45) is 3.55. The van der Waals surface area contributed by atoms with E-state index in [0.717, 1.165) is 5.56 Å². The molecule has 3 rings (SSSR count). The Bertz CT molecular complexity index is 898. The number of thioether (sulfide) groups is 1. The van der Waals surface area contributed by atoms with Crippen molar-refractivity contribution in [2.24, 2.45) is 0 Å². The minimum atomic E-state index is -0.204. The SMILES string of the molecule is Nn1c(SCCC(=O)Nc2c(Cl)cccc2Cl)nnc1-c1ccncc1. The Labute approximate surface area is 163 Å². The molecule has 0 aliphatic carbocycles. The van der Waals surface area contributed by atoms with Gasteiger partial charge < -0.3 is 11.2 Å². The Hall–Kier alpha value is -2.29. The topological polar surface area (TPSA) is 98.7 Å². The van der Waals surface area contributed by atoms with Crippen LogP contribution in [-0.4, -0.2) is 31.5 Å². The monoisotopic (exact) mass is 408 g/mol. The zero-order chi connectivity index (χ0) is 18.5. The van der Waals surface area contributed by atoms with Crippen molar-refractivity contribution >= 4 is 46.6 Å². The molecule has 134 valence electrons. The van der Waals surface area contributed by atoms with Crippen LogP contribution in [-0.2, 0) is 4.79 Å². The summed E-state index contributed by atoms with van der Waals surface area (Å²) in [5.41, 5.74) is 1.22. The van der Waals surface area contributed by atoms with Crippen molar-refractivity contribution in [3.05, 3.63) is 52.8 Å². The summed E-state index contributed by atoms with van der Waals surface area (Å²) in [4.78, 5) is 16.1. The van der Waals surface area contributed by atoms with Gasteiger partial charge in [-0.15, -0.1) is 10.2 Å². The quantitative estimate of drug-likeness (QED) is 0.478. The summed E-state index contributed by atoms with van der Waals surface area (Å²) >= 11 is 13.4. The molecule has 0 spiro atoms. The highest BCUT2D eigenvalue weighted by Gasteiger charge is 2.14. The number of benzene rings is 1. The fourth-order valence-electron chi connectivity index (χ4n) is 2.13. The highest BCUT2D eigenvalue weighted by Crippen LogP contribution is 2.30. The van der Waals surface area contributed by atoms with Gasteiger partial charge in [-0.25, -0.2) is 4.68 Å². The van der Waals surface area contributed by atoms with Crippen LogP contribution < -0.4 is 11.2 Å². The lowest BCUT2D eigenvalue weighted by Gasteiger charge is -2.08. The maximum absolute atomic E-state index is 12.1. The van der Waals surface area contributed by atoms with E-state index in [2.05, 4.69) is 20.5 Å². The number of aromatic nitrogens is 4. The summed E-state index contributed by atoms with van der Waals surface area (Å²) in [6, 6.07) is 8.63. The van der Waals surface area contributed by atoms with E-state index >= 15 is 0 Å². The Morgan fingerprint density at radius 1 is 1.15 bits per heavy atom. The average Bonchev–Trinajstić information content (AvgIpc) is 3.00. The molecule has 7 nitrogen and oxygen atoms in total. The summed E-state index contributed by atoms with van der Waals surface area (Å²) in [7, 11) is 0. The highest BCUT2D eigenvalue weighted by molar-refractivity contribution is 7.99. The molecule has 0 aliphatic heterocycles. The number of nitrogen functional groups attached to an aromatic ring is 1. The van der Waals surface area contributed by atoms with Gasteiger partial charge >= 0.3 is 0 Å². The first-order chi connectivity index (χ1) is 12.6. The third-order valence-electron chi connectivity index (χ3n) is 3.39. The number of pyridine rings is 1. The molecular formula is C16H14Cl2N6OS. The first-order valence-corrected chi connectivity index (χ1v) is 9.28. The fourth-order valence-corrected chi connectivity index (χ4v) is 3.41. The molecule has 0 radical (unpaired) electrons. The van der Waals surface area contributed by atoms with E-state index in [-0.39, 0.29) is 12.3 Å². The number of nitrogens with one attached hydrogen (secondary N) is 1. The Morgan fingerprint density at radius 3 is 2.54 bits per heavy atom. The number of amides is 1. The van der Waals surface area contributed by atoms with E-state index < -0.39 is 0 Å². The lowest BCUT2D eigenvalue weighted by molar-refractivity contribution is -0.115. The van der Waals surface area contributed by atoms with Gasteiger partial charge in [-0.3, -0.25) is 9.78 Å². The van der Waals surface area contributed by atoms with Gasteiger partial charge in [0.15, 0.2) is 5.82 Å². The number of halogens is 2. The van der Waals surface area contributed by atoms with Gasteiger partial charge in [-0.1, -0.05) is 41.0 Å². The molecule has 0 fully saturated rings. The molecular weight excluding hydrogens is 395 g/mol. The summed E-state index contributed by atoms with van der Waals surface area (Å²) < 4.78 is 1.39. The number of nitrogens with two attached hydrogens (primary N) is 1. The Morgan fingerprint density at radius 2 is 1.85 bits per heavy atom. The van der Waals surface area contributed by atoms with E-state index in [4.69, 9.17) is 29.0 Å². The van der Waals surface area contributed by atoms with Crippen molar-refractivity contribution in [3.63, 3.8) is 0 Å². The molecule has 3 aromatic rings. The van der Waals surface area contributed by atoms with Crippen LogP contribution in [0.5, 0.6) is 0 Å². The van der Waals surface area contributed by atoms with Crippen LogP contribution in [0.15, 0.2) is 47.9 Å². The lowest BCUT2D eigenvalue weighted by Crippen LogP contribution is -2.14. The molecule has 1 aromatic carbocycles. The third kappa shape index (κ3) is 4.27. The first kappa shape index (κ1) is 18.5. The van der Waals surface area contributed by atoms with Gasteiger partial charge in [-0.05, 0) is 24.3 Å². The summed E-state index contributed by atoms with van der Waals surface area (Å²) in [5.74, 6) is 6.83. The van der Waals surface area contributed by atoms with E-state index in [0.29, 0.717) is 32.5 Å². The molecule has 0 atom stereocenters. The standard InChI is InChI=1S/C16H14Cl2N6OS/c17-11-2-1-3-12(18)14(11)21-13(25)6-9-26-16-23-22-15(24(16)19)10-4-7-20-8-5-10/h1-5,7-8H,6,9,19H2,(H,21,25). The number of carbonyl (C=O) groups is 1. The molecule has 1 amide bonds. The van der Waals surface area contributed by atoms with Crippen molar-refractivity contribution in [3.8, 4) is 11.4 Å². The van der Waals surface area contributed by atoms with Gasteiger partial charge in [-0.2, -0.15) is 0 Å².